The molecule has 0 spiro atoms. The topological polar surface area (TPSA) is 99.1 Å². The standard InChI is InChI=1S/C19H18O7/c20-10-11-24-18(22)15-6-8-16(9-7-15)19(23)26-13-12-25-17(21)14-4-2-1-3-5-14/h1-9,20H,10-13H2. The van der Waals surface area contributed by atoms with E-state index in [2.05, 4.69) is 0 Å². The molecule has 0 amide bonds. The summed E-state index contributed by atoms with van der Waals surface area (Å²) in [4.78, 5) is 35.2. The molecule has 0 unspecified atom stereocenters. The van der Waals surface area contributed by atoms with Crippen molar-refractivity contribution in [3.63, 3.8) is 0 Å². The van der Waals surface area contributed by atoms with Crippen LogP contribution in [-0.2, 0) is 14.2 Å². The highest BCUT2D eigenvalue weighted by atomic mass is 16.6. The average Bonchev–Trinajstić information content (AvgIpc) is 2.69. The van der Waals surface area contributed by atoms with Crippen molar-refractivity contribution in [3.05, 3.63) is 71.3 Å². The van der Waals surface area contributed by atoms with E-state index in [9.17, 15) is 14.4 Å². The molecule has 26 heavy (non-hydrogen) atoms. The average molecular weight is 358 g/mol. The van der Waals surface area contributed by atoms with E-state index >= 15 is 0 Å². The van der Waals surface area contributed by atoms with Gasteiger partial charge >= 0.3 is 17.9 Å². The maximum Gasteiger partial charge on any atom is 0.338 e. The maximum absolute atomic E-state index is 11.9. The summed E-state index contributed by atoms with van der Waals surface area (Å²) in [5, 5.41) is 8.61. The van der Waals surface area contributed by atoms with E-state index in [0.29, 0.717) is 5.56 Å². The molecular formula is C19H18O7. The zero-order valence-electron chi connectivity index (χ0n) is 13.9. The summed E-state index contributed by atoms with van der Waals surface area (Å²) < 4.78 is 14.8. The number of aliphatic hydroxyl groups is 1. The molecule has 2 rings (SSSR count). The summed E-state index contributed by atoms with van der Waals surface area (Å²) in [5.74, 6) is -1.68. The van der Waals surface area contributed by atoms with Crippen molar-refractivity contribution < 1.29 is 33.7 Å². The monoisotopic (exact) mass is 358 g/mol. The predicted molar refractivity (Wildman–Crippen MR) is 90.8 cm³/mol. The number of carbonyl (C=O) groups excluding carboxylic acids is 3. The van der Waals surface area contributed by atoms with Gasteiger partial charge in [-0.3, -0.25) is 0 Å². The summed E-state index contributed by atoms with van der Waals surface area (Å²) >= 11 is 0. The predicted octanol–water partition coefficient (Wildman–Crippen LogP) is 1.85. The number of aliphatic hydroxyl groups excluding tert-OH is 1. The van der Waals surface area contributed by atoms with Crippen LogP contribution < -0.4 is 0 Å². The van der Waals surface area contributed by atoms with Gasteiger partial charge in [0.25, 0.3) is 0 Å². The zero-order valence-corrected chi connectivity index (χ0v) is 13.9. The molecule has 7 nitrogen and oxygen atoms in total. The first-order valence-electron chi connectivity index (χ1n) is 7.89. The summed E-state index contributed by atoms with van der Waals surface area (Å²) in [6, 6.07) is 14.2. The van der Waals surface area contributed by atoms with Crippen LogP contribution in [0.15, 0.2) is 54.6 Å². The second-order valence-corrected chi connectivity index (χ2v) is 5.07. The third kappa shape index (κ3) is 5.71. The van der Waals surface area contributed by atoms with Gasteiger partial charge in [0.15, 0.2) is 0 Å². The third-order valence-electron chi connectivity index (χ3n) is 3.24. The Morgan fingerprint density at radius 1 is 0.615 bits per heavy atom. The molecule has 0 atom stereocenters. The molecule has 2 aromatic carbocycles. The first-order valence-corrected chi connectivity index (χ1v) is 7.89. The van der Waals surface area contributed by atoms with Crippen LogP contribution in [0.1, 0.15) is 31.1 Å². The highest BCUT2D eigenvalue weighted by Crippen LogP contribution is 2.08. The van der Waals surface area contributed by atoms with Crippen LogP contribution in [0, 0.1) is 0 Å². The number of hydrogen-bond donors (Lipinski definition) is 1. The Labute approximate surface area is 150 Å². The fourth-order valence-corrected chi connectivity index (χ4v) is 1.97. The molecule has 1 N–H and O–H groups in total. The lowest BCUT2D eigenvalue weighted by atomic mass is 10.1. The van der Waals surface area contributed by atoms with Crippen LogP contribution in [0.2, 0.25) is 0 Å². The molecule has 0 aliphatic carbocycles. The molecule has 0 bridgehead atoms. The largest absolute Gasteiger partial charge is 0.460 e. The first kappa shape index (κ1) is 19.1. The number of rotatable bonds is 8. The van der Waals surface area contributed by atoms with Crippen molar-refractivity contribution in [3.8, 4) is 0 Å². The molecule has 0 radical (unpaired) electrons. The van der Waals surface area contributed by atoms with E-state index in [0.717, 1.165) is 0 Å². The number of hydrogen-bond acceptors (Lipinski definition) is 7. The molecule has 0 aliphatic rings. The van der Waals surface area contributed by atoms with Crippen molar-refractivity contribution in [2.24, 2.45) is 0 Å². The molecule has 0 saturated carbocycles. The van der Waals surface area contributed by atoms with Crippen molar-refractivity contribution in [1.29, 1.82) is 0 Å². The van der Waals surface area contributed by atoms with Crippen LogP contribution in [0.25, 0.3) is 0 Å². The van der Waals surface area contributed by atoms with Crippen LogP contribution in [0.5, 0.6) is 0 Å². The van der Waals surface area contributed by atoms with Gasteiger partial charge in [0, 0.05) is 0 Å². The second kappa shape index (κ2) is 9.95. The number of carbonyl (C=O) groups is 3. The molecular weight excluding hydrogens is 340 g/mol. The molecule has 0 saturated heterocycles. The molecule has 0 heterocycles. The van der Waals surface area contributed by atoms with Gasteiger partial charge in [-0.15, -0.1) is 0 Å². The molecule has 0 fully saturated rings. The summed E-state index contributed by atoms with van der Waals surface area (Å²) in [5.41, 5.74) is 0.924. The number of ether oxygens (including phenoxy) is 3. The molecule has 0 aliphatic heterocycles. The van der Waals surface area contributed by atoms with E-state index in [4.69, 9.17) is 19.3 Å². The van der Waals surface area contributed by atoms with Crippen molar-refractivity contribution in [2.45, 2.75) is 0 Å². The second-order valence-electron chi connectivity index (χ2n) is 5.07. The van der Waals surface area contributed by atoms with Crippen LogP contribution in [0.4, 0.5) is 0 Å². The Kier molecular flexibility index (Phi) is 7.32. The van der Waals surface area contributed by atoms with Gasteiger partial charge < -0.3 is 19.3 Å². The lowest BCUT2D eigenvalue weighted by Gasteiger charge is -2.07. The summed E-state index contributed by atoms with van der Waals surface area (Å²) in [6.45, 7) is -0.502. The van der Waals surface area contributed by atoms with Gasteiger partial charge in [0.1, 0.15) is 19.8 Å². The minimum Gasteiger partial charge on any atom is -0.460 e. The maximum atomic E-state index is 11.9. The summed E-state index contributed by atoms with van der Waals surface area (Å²) in [6.07, 6.45) is 0. The Morgan fingerprint density at radius 2 is 1.00 bits per heavy atom. The van der Waals surface area contributed by atoms with Gasteiger partial charge in [-0.25, -0.2) is 14.4 Å². The molecule has 7 heteroatoms. The van der Waals surface area contributed by atoms with Gasteiger partial charge in [0.05, 0.1) is 23.3 Å². The Bertz CT molecular complexity index is 738. The minimum absolute atomic E-state index is 0.0644. The number of benzene rings is 2. The molecule has 2 aromatic rings. The lowest BCUT2D eigenvalue weighted by Crippen LogP contribution is -2.14. The van der Waals surface area contributed by atoms with Crippen LogP contribution in [-0.4, -0.2) is 49.4 Å². The Balaban J connectivity index is 1.75. The molecule has 0 aromatic heterocycles. The van der Waals surface area contributed by atoms with Crippen molar-refractivity contribution in [2.75, 3.05) is 26.4 Å². The van der Waals surface area contributed by atoms with Crippen LogP contribution >= 0.6 is 0 Å². The van der Waals surface area contributed by atoms with Gasteiger partial charge in [0.2, 0.25) is 0 Å². The van der Waals surface area contributed by atoms with E-state index in [-0.39, 0.29) is 37.6 Å². The zero-order chi connectivity index (χ0) is 18.8. The smallest absolute Gasteiger partial charge is 0.338 e. The van der Waals surface area contributed by atoms with Crippen LogP contribution in [0.3, 0.4) is 0 Å². The van der Waals surface area contributed by atoms with Gasteiger partial charge in [-0.2, -0.15) is 0 Å². The molecule has 136 valence electrons. The highest BCUT2D eigenvalue weighted by Gasteiger charge is 2.11. The first-order chi connectivity index (χ1) is 12.6. The normalized spacial score (nSPS) is 10.0. The lowest BCUT2D eigenvalue weighted by molar-refractivity contribution is 0.0265. The minimum atomic E-state index is -0.601. The van der Waals surface area contributed by atoms with Crippen molar-refractivity contribution >= 4 is 17.9 Å². The quantitative estimate of drug-likeness (QED) is 0.437. The van der Waals surface area contributed by atoms with Crippen molar-refractivity contribution in [1.82, 2.24) is 0 Å². The van der Waals surface area contributed by atoms with Gasteiger partial charge in [-0.1, -0.05) is 18.2 Å². The fourth-order valence-electron chi connectivity index (χ4n) is 1.97. The highest BCUT2D eigenvalue weighted by molar-refractivity contribution is 5.93. The summed E-state index contributed by atoms with van der Waals surface area (Å²) in [7, 11) is 0. The van der Waals surface area contributed by atoms with E-state index in [1.54, 1.807) is 30.3 Å². The van der Waals surface area contributed by atoms with Gasteiger partial charge in [-0.05, 0) is 36.4 Å². The Hall–Kier alpha value is -3.19. The van der Waals surface area contributed by atoms with E-state index in [1.807, 2.05) is 0 Å². The van der Waals surface area contributed by atoms with E-state index in [1.165, 1.54) is 24.3 Å². The fraction of sp³-hybridized carbons (Fsp3) is 0.211. The number of esters is 3. The third-order valence-corrected chi connectivity index (χ3v) is 3.24. The van der Waals surface area contributed by atoms with E-state index < -0.39 is 17.9 Å². The SMILES string of the molecule is O=C(OCCO)c1ccc(C(=O)OCCOC(=O)c2ccccc2)cc1. The Morgan fingerprint density at radius 3 is 1.42 bits per heavy atom.